The third kappa shape index (κ3) is 2.97. The van der Waals surface area contributed by atoms with Crippen LogP contribution in [-0.4, -0.2) is 29.8 Å². The van der Waals surface area contributed by atoms with Crippen molar-refractivity contribution in [1.29, 1.82) is 0 Å². The van der Waals surface area contributed by atoms with E-state index < -0.39 is 0 Å². The molecule has 0 spiro atoms. The first-order chi connectivity index (χ1) is 13.0. The van der Waals surface area contributed by atoms with Crippen molar-refractivity contribution in [2.45, 2.75) is 18.4 Å². The van der Waals surface area contributed by atoms with E-state index >= 15 is 0 Å². The number of hydrogen-bond donors (Lipinski definition) is 1. The predicted molar refractivity (Wildman–Crippen MR) is 104 cm³/mol. The average molecular weight is 363 g/mol. The fraction of sp³-hybridized carbons (Fsp3) is 0.286. The molecule has 27 heavy (non-hydrogen) atoms. The third-order valence-corrected chi connectivity index (χ3v) is 5.46. The number of amides is 1. The van der Waals surface area contributed by atoms with E-state index in [4.69, 9.17) is 0 Å². The number of rotatable bonds is 3. The van der Waals surface area contributed by atoms with Gasteiger partial charge in [-0.2, -0.15) is 0 Å². The highest BCUT2D eigenvalue weighted by atomic mass is 16.6. The molecule has 2 aromatic rings. The number of benzene rings is 2. The smallest absolute Gasteiger partial charge is 0.269 e. The quantitative estimate of drug-likeness (QED) is 0.506. The highest BCUT2D eigenvalue weighted by Crippen LogP contribution is 2.50. The van der Waals surface area contributed by atoms with Crippen molar-refractivity contribution in [2.75, 3.05) is 19.4 Å². The number of non-ortho nitro benzene ring substituents is 1. The minimum Gasteiger partial charge on any atom is -0.378 e. The summed E-state index contributed by atoms with van der Waals surface area (Å²) in [6.45, 7) is 0. The SMILES string of the molecule is CN(C)C(=O)c1ccc2c(c1)C1C=CCC1C(c1cccc([N+](=O)[O-])c1)N2. The summed E-state index contributed by atoms with van der Waals surface area (Å²) in [6, 6.07) is 12.6. The zero-order valence-electron chi connectivity index (χ0n) is 15.3. The molecule has 1 aliphatic heterocycles. The zero-order chi connectivity index (χ0) is 19.1. The zero-order valence-corrected chi connectivity index (χ0v) is 15.3. The number of nitrogens with zero attached hydrogens (tertiary/aromatic N) is 2. The van der Waals surface area contributed by atoms with E-state index in [9.17, 15) is 14.9 Å². The molecule has 0 fully saturated rings. The van der Waals surface area contributed by atoms with E-state index in [0.29, 0.717) is 5.56 Å². The summed E-state index contributed by atoms with van der Waals surface area (Å²) in [5.74, 6) is 0.446. The van der Waals surface area contributed by atoms with Crippen LogP contribution in [0.25, 0.3) is 0 Å². The van der Waals surface area contributed by atoms with Crippen LogP contribution in [0.15, 0.2) is 54.6 Å². The number of nitro benzene ring substituents is 1. The van der Waals surface area contributed by atoms with Crippen LogP contribution < -0.4 is 5.32 Å². The van der Waals surface area contributed by atoms with Gasteiger partial charge in [-0.3, -0.25) is 14.9 Å². The molecule has 0 radical (unpaired) electrons. The van der Waals surface area contributed by atoms with Crippen molar-refractivity contribution in [1.82, 2.24) is 4.90 Å². The Hall–Kier alpha value is -3.15. The molecule has 0 saturated carbocycles. The summed E-state index contributed by atoms with van der Waals surface area (Å²) >= 11 is 0. The molecule has 6 nitrogen and oxygen atoms in total. The number of nitrogens with one attached hydrogen (secondary N) is 1. The van der Waals surface area contributed by atoms with E-state index in [1.807, 2.05) is 24.3 Å². The van der Waals surface area contributed by atoms with Gasteiger partial charge in [0.05, 0.1) is 11.0 Å². The Kier molecular flexibility index (Phi) is 4.18. The third-order valence-electron chi connectivity index (χ3n) is 5.46. The largest absolute Gasteiger partial charge is 0.378 e. The number of fused-ring (bicyclic) bond motifs is 3. The van der Waals surface area contributed by atoms with Crippen LogP contribution in [0.3, 0.4) is 0 Å². The normalized spacial score (nSPS) is 22.5. The molecule has 4 rings (SSSR count). The van der Waals surface area contributed by atoms with E-state index in [2.05, 4.69) is 17.5 Å². The minimum atomic E-state index is -0.357. The molecule has 3 unspecified atom stereocenters. The number of hydrogen-bond acceptors (Lipinski definition) is 4. The summed E-state index contributed by atoms with van der Waals surface area (Å²) in [6.07, 6.45) is 5.26. The van der Waals surface area contributed by atoms with E-state index in [-0.39, 0.29) is 34.4 Å². The average Bonchev–Trinajstić information content (AvgIpc) is 3.16. The van der Waals surface area contributed by atoms with Gasteiger partial charge in [-0.25, -0.2) is 0 Å². The first-order valence-electron chi connectivity index (χ1n) is 8.99. The molecule has 0 aromatic heterocycles. The maximum Gasteiger partial charge on any atom is 0.269 e. The lowest BCUT2D eigenvalue weighted by atomic mass is 9.76. The molecule has 6 heteroatoms. The fourth-order valence-corrected chi connectivity index (χ4v) is 4.15. The maximum absolute atomic E-state index is 12.3. The Balaban J connectivity index is 1.74. The fourth-order valence-electron chi connectivity index (χ4n) is 4.15. The number of anilines is 1. The molecule has 0 bridgehead atoms. The van der Waals surface area contributed by atoms with Gasteiger partial charge in [-0.15, -0.1) is 0 Å². The summed E-state index contributed by atoms with van der Waals surface area (Å²) in [7, 11) is 3.49. The van der Waals surface area contributed by atoms with Crippen LogP contribution in [0.4, 0.5) is 11.4 Å². The summed E-state index contributed by atoms with van der Waals surface area (Å²) < 4.78 is 0. The topological polar surface area (TPSA) is 75.5 Å². The number of carbonyl (C=O) groups excluding carboxylic acids is 1. The van der Waals surface area contributed by atoms with Crippen molar-refractivity contribution in [2.24, 2.45) is 5.92 Å². The molecule has 2 aliphatic rings. The standard InChI is InChI=1S/C21H21N3O3/c1-23(2)21(25)14-9-10-19-18(12-14)16-7-4-8-17(16)20(22-19)13-5-3-6-15(11-13)24(26)27/h3-7,9-12,16-17,20,22H,8H2,1-2H3. The molecule has 1 aliphatic carbocycles. The van der Waals surface area contributed by atoms with Crippen LogP contribution in [0.2, 0.25) is 0 Å². The lowest BCUT2D eigenvalue weighted by molar-refractivity contribution is -0.384. The van der Waals surface area contributed by atoms with Crippen LogP contribution >= 0.6 is 0 Å². The van der Waals surface area contributed by atoms with Crippen LogP contribution in [0, 0.1) is 16.0 Å². The molecule has 3 atom stereocenters. The van der Waals surface area contributed by atoms with E-state index in [1.165, 1.54) is 6.07 Å². The Morgan fingerprint density at radius 2 is 2.04 bits per heavy atom. The number of nitro groups is 1. The van der Waals surface area contributed by atoms with Gasteiger partial charge in [-0.05, 0) is 41.7 Å². The number of carbonyl (C=O) groups is 1. The van der Waals surface area contributed by atoms with Gasteiger partial charge in [0.25, 0.3) is 11.6 Å². The second-order valence-corrected chi connectivity index (χ2v) is 7.33. The summed E-state index contributed by atoms with van der Waals surface area (Å²) in [5.41, 5.74) is 3.79. The lowest BCUT2D eigenvalue weighted by Gasteiger charge is -2.37. The first-order valence-corrected chi connectivity index (χ1v) is 8.99. The molecule has 0 saturated heterocycles. The Morgan fingerprint density at radius 3 is 2.78 bits per heavy atom. The van der Waals surface area contributed by atoms with E-state index in [0.717, 1.165) is 23.2 Å². The van der Waals surface area contributed by atoms with Gasteiger partial charge in [-0.1, -0.05) is 24.3 Å². The van der Waals surface area contributed by atoms with Crippen LogP contribution in [0.5, 0.6) is 0 Å². The van der Waals surface area contributed by atoms with Gasteiger partial charge < -0.3 is 10.2 Å². The van der Waals surface area contributed by atoms with Crippen LogP contribution in [0.1, 0.15) is 39.9 Å². The predicted octanol–water partition coefficient (Wildman–Crippen LogP) is 4.12. The van der Waals surface area contributed by atoms with Gasteiger partial charge in [0.1, 0.15) is 0 Å². The highest BCUT2D eigenvalue weighted by molar-refractivity contribution is 5.94. The van der Waals surface area contributed by atoms with Crippen molar-refractivity contribution in [3.63, 3.8) is 0 Å². The monoisotopic (exact) mass is 363 g/mol. The lowest BCUT2D eigenvalue weighted by Crippen LogP contribution is -2.30. The minimum absolute atomic E-state index is 0.00667. The first kappa shape index (κ1) is 17.3. The Morgan fingerprint density at radius 1 is 1.22 bits per heavy atom. The van der Waals surface area contributed by atoms with E-state index in [1.54, 1.807) is 31.1 Å². The molecular weight excluding hydrogens is 342 g/mol. The van der Waals surface area contributed by atoms with Gasteiger partial charge in [0.15, 0.2) is 0 Å². The molecule has 2 aromatic carbocycles. The summed E-state index contributed by atoms with van der Waals surface area (Å²) in [5, 5.41) is 14.7. The molecular formula is C21H21N3O3. The molecule has 1 N–H and O–H groups in total. The van der Waals surface area contributed by atoms with Crippen LogP contribution in [-0.2, 0) is 0 Å². The van der Waals surface area contributed by atoms with Crippen molar-refractivity contribution in [3.05, 3.63) is 81.4 Å². The van der Waals surface area contributed by atoms with Crippen molar-refractivity contribution < 1.29 is 9.72 Å². The summed E-state index contributed by atoms with van der Waals surface area (Å²) in [4.78, 5) is 24.7. The molecule has 138 valence electrons. The van der Waals surface area contributed by atoms with Crippen molar-refractivity contribution >= 4 is 17.3 Å². The second-order valence-electron chi connectivity index (χ2n) is 7.33. The Labute approximate surface area is 157 Å². The van der Waals surface area contributed by atoms with Gasteiger partial charge >= 0.3 is 0 Å². The maximum atomic E-state index is 12.3. The number of allylic oxidation sites excluding steroid dienone is 2. The van der Waals surface area contributed by atoms with Gasteiger partial charge in [0, 0.05) is 43.4 Å². The molecule has 1 amide bonds. The van der Waals surface area contributed by atoms with Crippen molar-refractivity contribution in [3.8, 4) is 0 Å². The highest BCUT2D eigenvalue weighted by Gasteiger charge is 2.38. The Bertz CT molecular complexity index is 951. The molecule has 1 heterocycles. The second kappa shape index (κ2) is 6.54. The van der Waals surface area contributed by atoms with Gasteiger partial charge in [0.2, 0.25) is 0 Å².